The van der Waals surface area contributed by atoms with Crippen molar-refractivity contribution in [3.05, 3.63) is 26.9 Å². The molecule has 1 aromatic heterocycles. The molecule has 5 heteroatoms. The fourth-order valence-corrected chi connectivity index (χ4v) is 4.18. The van der Waals surface area contributed by atoms with Gasteiger partial charge in [0.15, 0.2) is 0 Å². The lowest BCUT2D eigenvalue weighted by atomic mass is 9.96. The minimum Gasteiger partial charge on any atom is -0.319 e. The zero-order valence-electron chi connectivity index (χ0n) is 11.7. The highest BCUT2D eigenvalue weighted by Gasteiger charge is 2.37. The van der Waals surface area contributed by atoms with Crippen molar-refractivity contribution in [2.24, 2.45) is 5.92 Å². The Balaban J connectivity index is 2.34. The largest absolute Gasteiger partial charge is 0.319 e. The van der Waals surface area contributed by atoms with E-state index in [1.54, 1.807) is 0 Å². The number of nitrogens with zero attached hydrogens (tertiary/aromatic N) is 2. The molecular weight excluding hydrogens is 370 g/mol. The minimum atomic E-state index is 0.398. The monoisotopic (exact) mass is 389 g/mol. The van der Waals surface area contributed by atoms with Gasteiger partial charge in [0.25, 0.3) is 0 Å². The van der Waals surface area contributed by atoms with Gasteiger partial charge in [-0.1, -0.05) is 0 Å². The van der Waals surface area contributed by atoms with E-state index >= 15 is 0 Å². The topological polar surface area (TPSA) is 28.2 Å². The lowest BCUT2D eigenvalue weighted by Gasteiger charge is -2.31. The van der Waals surface area contributed by atoms with Crippen LogP contribution in [0.5, 0.6) is 0 Å². The third-order valence-electron chi connectivity index (χ3n) is 3.81. The summed E-state index contributed by atoms with van der Waals surface area (Å²) in [6, 6.07) is 3.04. The molecule has 0 aromatic carbocycles. The van der Waals surface area contributed by atoms with Gasteiger partial charge in [0, 0.05) is 21.2 Å². The van der Waals surface area contributed by atoms with E-state index < -0.39 is 0 Å². The highest BCUT2D eigenvalue weighted by atomic mass is 79.9. The van der Waals surface area contributed by atoms with Gasteiger partial charge in [0.1, 0.15) is 0 Å². The van der Waals surface area contributed by atoms with Gasteiger partial charge in [-0.2, -0.15) is 0 Å². The van der Waals surface area contributed by atoms with E-state index in [9.17, 15) is 0 Å². The van der Waals surface area contributed by atoms with Crippen LogP contribution in [0, 0.1) is 5.92 Å². The molecule has 0 spiro atoms. The number of likely N-dealkylation sites (tertiary alicyclic amines) is 1. The summed E-state index contributed by atoms with van der Waals surface area (Å²) < 4.78 is 2.11. The van der Waals surface area contributed by atoms with Crippen molar-refractivity contribution in [1.29, 1.82) is 0 Å². The van der Waals surface area contributed by atoms with Crippen LogP contribution in [0.25, 0.3) is 0 Å². The number of hydrogen-bond donors (Lipinski definition) is 1. The number of halogens is 2. The number of hydrogen-bond acceptors (Lipinski definition) is 3. The van der Waals surface area contributed by atoms with Gasteiger partial charge in [-0.25, -0.2) is 0 Å². The Hall–Kier alpha value is 0.0300. The van der Waals surface area contributed by atoms with Gasteiger partial charge >= 0.3 is 0 Å². The summed E-state index contributed by atoms with van der Waals surface area (Å²) in [6.07, 6.45) is 3.13. The van der Waals surface area contributed by atoms with Crippen LogP contribution in [0.15, 0.2) is 21.2 Å². The Morgan fingerprint density at radius 3 is 2.79 bits per heavy atom. The predicted molar refractivity (Wildman–Crippen MR) is 86.3 cm³/mol. The molecular formula is C14H21Br2N3. The fourth-order valence-electron chi connectivity index (χ4n) is 2.96. The molecule has 3 nitrogen and oxygen atoms in total. The summed E-state index contributed by atoms with van der Waals surface area (Å²) in [5.74, 6) is 0.623. The molecule has 0 radical (unpaired) electrons. The molecule has 0 amide bonds. The van der Waals surface area contributed by atoms with E-state index in [4.69, 9.17) is 0 Å². The highest BCUT2D eigenvalue weighted by Crippen LogP contribution is 2.40. The van der Waals surface area contributed by atoms with Gasteiger partial charge in [-0.3, -0.25) is 9.88 Å². The van der Waals surface area contributed by atoms with Crippen molar-refractivity contribution in [3.8, 4) is 0 Å². The number of pyridine rings is 1. The maximum absolute atomic E-state index is 4.66. The smallest absolute Gasteiger partial charge is 0.0721 e. The molecule has 19 heavy (non-hydrogen) atoms. The molecule has 1 N–H and O–H groups in total. The lowest BCUT2D eigenvalue weighted by Crippen LogP contribution is -2.34. The second-order valence-corrected chi connectivity index (χ2v) is 7.17. The van der Waals surface area contributed by atoms with Crippen molar-refractivity contribution in [1.82, 2.24) is 15.2 Å². The molecule has 1 fully saturated rings. The summed E-state index contributed by atoms with van der Waals surface area (Å²) in [4.78, 5) is 7.22. The number of nitrogens with one attached hydrogen (secondary N) is 1. The van der Waals surface area contributed by atoms with Crippen molar-refractivity contribution < 1.29 is 0 Å². The molecule has 1 aromatic rings. The van der Waals surface area contributed by atoms with E-state index in [1.165, 1.54) is 6.42 Å². The lowest BCUT2D eigenvalue weighted by molar-refractivity contribution is 0.178. The third-order valence-corrected chi connectivity index (χ3v) is 4.88. The first-order valence-corrected chi connectivity index (χ1v) is 8.34. The molecule has 0 aliphatic carbocycles. The standard InChI is InChI=1S/C14H21Br2N3/c1-9(2)19-5-4-10(7-17-3)14(19)13-12(16)6-11(15)8-18-13/h6,8-10,14,17H,4-5,7H2,1-3H3. The van der Waals surface area contributed by atoms with Crippen LogP contribution >= 0.6 is 31.9 Å². The van der Waals surface area contributed by atoms with Gasteiger partial charge in [0.2, 0.25) is 0 Å². The van der Waals surface area contributed by atoms with E-state index in [1.807, 2.05) is 13.2 Å². The molecule has 2 heterocycles. The van der Waals surface area contributed by atoms with E-state index in [0.717, 1.165) is 27.7 Å². The molecule has 1 saturated heterocycles. The second kappa shape index (κ2) is 6.66. The fraction of sp³-hybridized carbons (Fsp3) is 0.643. The maximum atomic E-state index is 4.66. The molecule has 2 atom stereocenters. The van der Waals surface area contributed by atoms with Crippen LogP contribution in [0.2, 0.25) is 0 Å². The summed E-state index contributed by atoms with van der Waals surface area (Å²) >= 11 is 7.15. The average Bonchev–Trinajstić information content (AvgIpc) is 2.73. The maximum Gasteiger partial charge on any atom is 0.0721 e. The molecule has 2 rings (SSSR count). The summed E-state index contributed by atoms with van der Waals surface area (Å²) in [5, 5.41) is 3.32. The van der Waals surface area contributed by atoms with Gasteiger partial charge < -0.3 is 5.32 Å². The predicted octanol–water partition coefficient (Wildman–Crippen LogP) is 3.60. The van der Waals surface area contributed by atoms with E-state index in [0.29, 0.717) is 18.0 Å². The average molecular weight is 391 g/mol. The van der Waals surface area contributed by atoms with Gasteiger partial charge in [0.05, 0.1) is 11.7 Å². The first-order valence-electron chi connectivity index (χ1n) is 6.76. The van der Waals surface area contributed by atoms with Crippen LogP contribution in [-0.2, 0) is 0 Å². The Morgan fingerprint density at radius 1 is 1.47 bits per heavy atom. The van der Waals surface area contributed by atoms with Crippen molar-refractivity contribution in [2.75, 3.05) is 20.1 Å². The van der Waals surface area contributed by atoms with Crippen molar-refractivity contribution in [3.63, 3.8) is 0 Å². The molecule has 106 valence electrons. The Morgan fingerprint density at radius 2 is 2.21 bits per heavy atom. The quantitative estimate of drug-likeness (QED) is 0.851. The van der Waals surface area contributed by atoms with E-state index in [2.05, 4.69) is 67.0 Å². The Labute approximate surface area is 132 Å². The molecule has 0 saturated carbocycles. The van der Waals surface area contributed by atoms with Crippen LogP contribution in [-0.4, -0.2) is 36.1 Å². The molecule has 1 aliphatic heterocycles. The first-order chi connectivity index (χ1) is 9.04. The van der Waals surface area contributed by atoms with Crippen molar-refractivity contribution in [2.45, 2.75) is 32.4 Å². The normalized spacial score (nSPS) is 24.3. The first kappa shape index (κ1) is 15.4. The Kier molecular flexibility index (Phi) is 5.40. The van der Waals surface area contributed by atoms with E-state index in [-0.39, 0.29) is 0 Å². The molecule has 1 aliphatic rings. The van der Waals surface area contributed by atoms with Crippen molar-refractivity contribution >= 4 is 31.9 Å². The third kappa shape index (κ3) is 3.38. The summed E-state index contributed by atoms with van der Waals surface area (Å²) in [6.45, 7) is 6.72. The number of rotatable bonds is 4. The van der Waals surface area contributed by atoms with Crippen LogP contribution in [0.1, 0.15) is 32.0 Å². The van der Waals surface area contributed by atoms with Crippen LogP contribution in [0.4, 0.5) is 0 Å². The van der Waals surface area contributed by atoms with Crippen LogP contribution in [0.3, 0.4) is 0 Å². The zero-order valence-corrected chi connectivity index (χ0v) is 14.8. The SMILES string of the molecule is CNCC1CCN(C(C)C)C1c1ncc(Br)cc1Br. The molecule has 0 bridgehead atoms. The number of aromatic nitrogens is 1. The second-order valence-electron chi connectivity index (χ2n) is 5.40. The summed E-state index contributed by atoms with van der Waals surface area (Å²) in [7, 11) is 2.03. The summed E-state index contributed by atoms with van der Waals surface area (Å²) in [5.41, 5.74) is 1.16. The Bertz CT molecular complexity index is 437. The van der Waals surface area contributed by atoms with Gasteiger partial charge in [-0.15, -0.1) is 0 Å². The molecule has 2 unspecified atom stereocenters. The van der Waals surface area contributed by atoms with Crippen LogP contribution < -0.4 is 5.32 Å². The zero-order chi connectivity index (χ0) is 14.0. The van der Waals surface area contributed by atoms with Gasteiger partial charge in [-0.05, 0) is 84.2 Å². The minimum absolute atomic E-state index is 0.398. The highest BCUT2D eigenvalue weighted by molar-refractivity contribution is 9.11.